The average molecular weight is 745 g/mol. The Morgan fingerprint density at radius 2 is 1.43 bits per heavy atom. The zero-order valence-corrected chi connectivity index (χ0v) is 34.6. The summed E-state index contributed by atoms with van der Waals surface area (Å²) in [4.78, 5) is 0. The molecule has 0 radical (unpaired) electrons. The van der Waals surface area contributed by atoms with Crippen LogP contribution in [0.5, 0.6) is 0 Å². The van der Waals surface area contributed by atoms with Gasteiger partial charge in [-0.1, -0.05) is 105 Å². The van der Waals surface area contributed by atoms with Gasteiger partial charge in [0.25, 0.3) is 0 Å². The third-order valence-corrected chi connectivity index (χ3v) is 11.4. The van der Waals surface area contributed by atoms with Gasteiger partial charge in [0.05, 0.1) is 0 Å². The summed E-state index contributed by atoms with van der Waals surface area (Å²) < 4.78 is 2.23. The van der Waals surface area contributed by atoms with E-state index < -0.39 is 8.07 Å². The molecule has 0 heterocycles. The normalized spacial score (nSPS) is 15.0. The number of rotatable bonds is 2. The van der Waals surface area contributed by atoms with Crippen LogP contribution in [0, 0.1) is 18.1 Å². The van der Waals surface area contributed by atoms with Gasteiger partial charge in [0.2, 0.25) is 0 Å². The Morgan fingerprint density at radius 1 is 0.804 bits per heavy atom. The van der Waals surface area contributed by atoms with E-state index >= 15 is 0 Å². The topological polar surface area (TPSA) is 0 Å². The molecule has 0 bridgehead atoms. The van der Waals surface area contributed by atoms with Gasteiger partial charge in [0.1, 0.15) is 0 Å². The van der Waals surface area contributed by atoms with Gasteiger partial charge < -0.3 is 24.8 Å². The van der Waals surface area contributed by atoms with Crippen molar-refractivity contribution in [2.24, 2.45) is 5.92 Å². The van der Waals surface area contributed by atoms with Crippen LogP contribution in [-0.4, -0.2) is 11.8 Å². The first-order chi connectivity index (χ1) is 20.5. The molecule has 4 aromatic carbocycles. The fourth-order valence-corrected chi connectivity index (χ4v) is 8.62. The van der Waals surface area contributed by atoms with Crippen LogP contribution in [-0.2, 0) is 41.5 Å². The standard InChI is InChI=1S/C21H25.C11H8.C10H17Si.2ClH.Zr/c1-20(2,3)16-7-9-18-14(12-16)11-15-13-17(21(4,5)6)8-10-19(15)18;1-9-5-4-7-10-6-2-3-8-11(9)10;1-8-6-9(2)10(7-8)11(3,4)5;;;/h7-10,12H,11H2,1-6H3;1-8H;7-8H,1-5H3;2*1H;/q-1;;-1;;;+2/p-2. The molecule has 0 fully saturated rings. The quantitative estimate of drug-likeness (QED) is 0.168. The van der Waals surface area contributed by atoms with E-state index in [0.717, 1.165) is 6.42 Å². The zero-order chi connectivity index (χ0) is 32.4. The molecule has 0 saturated carbocycles. The summed E-state index contributed by atoms with van der Waals surface area (Å²) in [6, 6.07) is 30.1. The predicted molar refractivity (Wildman–Crippen MR) is 193 cm³/mol. The molecule has 0 aliphatic heterocycles. The van der Waals surface area contributed by atoms with Crippen LogP contribution in [0.15, 0.2) is 89.6 Å². The Morgan fingerprint density at radius 3 is 1.98 bits per heavy atom. The van der Waals surface area contributed by atoms with Gasteiger partial charge in [-0.15, -0.1) is 11.1 Å². The van der Waals surface area contributed by atoms with Crippen molar-refractivity contribution in [2.45, 2.75) is 92.3 Å². The van der Waals surface area contributed by atoms with Gasteiger partial charge in [-0.2, -0.15) is 29.8 Å². The number of allylic oxidation sites excluding steroid dienone is 4. The SMILES string of the molecule is CC(C)(C)c1[c-]c2c(cc1)-c1ccc(C(C)(C)C)cc1C2.CC1=[C-]C(C)C=C1[Si](C)(C)C.[Cl-].[Cl-].[Zr+2]=[CH]c1cccc2ccccc12. The van der Waals surface area contributed by atoms with E-state index in [4.69, 9.17) is 0 Å². The van der Waals surface area contributed by atoms with Gasteiger partial charge in [0.15, 0.2) is 0 Å². The molecule has 4 aromatic rings. The van der Waals surface area contributed by atoms with Gasteiger partial charge in [-0.05, 0) is 36.5 Å². The first-order valence-corrected chi connectivity index (χ1v) is 20.9. The molecule has 1 unspecified atom stereocenters. The number of benzene rings is 4. The number of halogens is 2. The Hall–Kier alpha value is -1.83. The molecule has 46 heavy (non-hydrogen) atoms. The second kappa shape index (κ2) is 16.0. The molecule has 6 rings (SSSR count). The molecular formula is C42H50Cl2SiZr-2. The fourth-order valence-electron chi connectivity index (χ4n) is 6.05. The van der Waals surface area contributed by atoms with Crippen molar-refractivity contribution in [3.63, 3.8) is 0 Å². The second-order valence-electron chi connectivity index (χ2n) is 15.4. The van der Waals surface area contributed by atoms with Crippen molar-refractivity contribution in [1.29, 1.82) is 0 Å². The monoisotopic (exact) mass is 742 g/mol. The molecular weight excluding hydrogens is 695 g/mol. The minimum atomic E-state index is -1.07. The first-order valence-electron chi connectivity index (χ1n) is 16.0. The van der Waals surface area contributed by atoms with Crippen molar-refractivity contribution in [2.75, 3.05) is 0 Å². The van der Waals surface area contributed by atoms with Crippen molar-refractivity contribution in [1.82, 2.24) is 0 Å². The number of fused-ring (bicyclic) bond motifs is 4. The Labute approximate surface area is 308 Å². The molecule has 0 saturated heterocycles. The Balaban J connectivity index is 0.000000253. The van der Waals surface area contributed by atoms with Crippen molar-refractivity contribution in [3.05, 3.63) is 130 Å². The summed E-state index contributed by atoms with van der Waals surface area (Å²) in [6.07, 6.45) is 6.83. The van der Waals surface area contributed by atoms with Gasteiger partial charge in [0, 0.05) is 0 Å². The van der Waals surface area contributed by atoms with E-state index in [1.807, 2.05) is 0 Å². The van der Waals surface area contributed by atoms with Crippen molar-refractivity contribution < 1.29 is 49.0 Å². The zero-order valence-electron chi connectivity index (χ0n) is 29.6. The summed E-state index contributed by atoms with van der Waals surface area (Å²) in [7, 11) is -1.07. The summed E-state index contributed by atoms with van der Waals surface area (Å²) in [5.74, 6) is 0.553. The van der Waals surface area contributed by atoms with Crippen LogP contribution < -0.4 is 24.8 Å². The van der Waals surface area contributed by atoms with Crippen LogP contribution >= 0.6 is 0 Å². The summed E-state index contributed by atoms with van der Waals surface area (Å²) in [5.41, 5.74) is 11.5. The first kappa shape index (κ1) is 40.3. The average Bonchev–Trinajstić information content (AvgIpc) is 3.50. The Bertz CT molecular complexity index is 1660. The minimum absolute atomic E-state index is 0. The van der Waals surface area contributed by atoms with Crippen LogP contribution in [0.1, 0.15) is 83.2 Å². The second-order valence-corrected chi connectivity index (χ2v) is 21.2. The van der Waals surface area contributed by atoms with Crippen molar-refractivity contribution in [3.8, 4) is 11.1 Å². The molecule has 0 aromatic heterocycles. The summed E-state index contributed by atoms with van der Waals surface area (Å²) >= 11 is 1.46. The van der Waals surface area contributed by atoms with Crippen LogP contribution in [0.2, 0.25) is 19.6 Å². The molecule has 0 N–H and O–H groups in total. The van der Waals surface area contributed by atoms with Crippen LogP contribution in [0.25, 0.3) is 21.9 Å². The Kier molecular flexibility index (Phi) is 14.1. The maximum absolute atomic E-state index is 3.67. The molecule has 0 nitrogen and oxygen atoms in total. The van der Waals surface area contributed by atoms with Crippen LogP contribution in [0.3, 0.4) is 0 Å². The summed E-state index contributed by atoms with van der Waals surface area (Å²) in [6.45, 7) is 25.2. The number of hydrogen-bond acceptors (Lipinski definition) is 0. The van der Waals surface area contributed by atoms with Gasteiger partial charge >= 0.3 is 86.7 Å². The van der Waals surface area contributed by atoms with E-state index in [1.54, 1.807) is 5.20 Å². The molecule has 0 amide bonds. The number of hydrogen-bond donors (Lipinski definition) is 0. The van der Waals surface area contributed by atoms with Crippen LogP contribution in [0.4, 0.5) is 0 Å². The maximum atomic E-state index is 3.67. The van der Waals surface area contributed by atoms with E-state index in [-0.39, 0.29) is 35.6 Å². The third kappa shape index (κ3) is 9.85. The van der Waals surface area contributed by atoms with E-state index in [2.05, 4.69) is 170 Å². The van der Waals surface area contributed by atoms with E-state index in [0.29, 0.717) is 5.92 Å². The van der Waals surface area contributed by atoms with Gasteiger partial charge in [-0.25, -0.2) is 10.8 Å². The van der Waals surface area contributed by atoms with E-state index in [9.17, 15) is 0 Å². The molecule has 4 heteroatoms. The predicted octanol–water partition coefficient (Wildman–Crippen LogP) is 5.39. The molecule has 1 atom stereocenters. The fraction of sp³-hybridized carbons (Fsp3) is 0.357. The van der Waals surface area contributed by atoms with Crippen molar-refractivity contribution >= 4 is 22.6 Å². The molecule has 0 spiro atoms. The molecule has 2 aliphatic rings. The van der Waals surface area contributed by atoms with Gasteiger partial charge in [-0.3, -0.25) is 6.08 Å². The van der Waals surface area contributed by atoms with E-state index in [1.165, 1.54) is 79.5 Å². The molecule has 2 aliphatic carbocycles. The molecule has 242 valence electrons. The third-order valence-electron chi connectivity index (χ3n) is 8.52. The summed E-state index contributed by atoms with van der Waals surface area (Å²) in [5, 5.41) is 4.29.